The van der Waals surface area contributed by atoms with Crippen LogP contribution in [0.1, 0.15) is 5.69 Å². The van der Waals surface area contributed by atoms with Gasteiger partial charge in [0.15, 0.2) is 0 Å². The van der Waals surface area contributed by atoms with Crippen molar-refractivity contribution in [2.24, 2.45) is 0 Å². The second-order valence-corrected chi connectivity index (χ2v) is 3.22. The second kappa shape index (κ2) is 3.53. The van der Waals surface area contributed by atoms with Gasteiger partial charge < -0.3 is 20.5 Å². The van der Waals surface area contributed by atoms with Crippen molar-refractivity contribution < 1.29 is 15.0 Å². The predicted octanol–water partition coefficient (Wildman–Crippen LogP) is 1.64. The fourth-order valence-electron chi connectivity index (χ4n) is 1.44. The topological polar surface area (TPSA) is 85.3 Å². The molecule has 0 spiro atoms. The van der Waals surface area contributed by atoms with E-state index in [1.54, 1.807) is 18.2 Å². The van der Waals surface area contributed by atoms with Crippen LogP contribution in [0.3, 0.4) is 0 Å². The minimum atomic E-state index is -1.06. The molecule has 0 fully saturated rings. The summed E-state index contributed by atoms with van der Waals surface area (Å²) in [6, 6.07) is 6.79. The molecule has 0 saturated carbocycles. The number of hydrogen-bond acceptors (Lipinski definition) is 2. The lowest BCUT2D eigenvalue weighted by molar-refractivity contribution is 0.194. The van der Waals surface area contributed by atoms with Gasteiger partial charge in [-0.1, -0.05) is 0 Å². The van der Waals surface area contributed by atoms with E-state index in [0.29, 0.717) is 0 Å². The molecule has 5 heteroatoms. The number of carboxylic acid groups (broad SMARTS) is 1. The molecule has 2 aromatic rings. The molecule has 2 rings (SSSR count). The summed E-state index contributed by atoms with van der Waals surface area (Å²) in [5.74, 6) is 0.182. The van der Waals surface area contributed by atoms with Crippen LogP contribution in [-0.2, 0) is 6.54 Å². The third kappa shape index (κ3) is 2.01. The third-order valence-corrected chi connectivity index (χ3v) is 2.09. The highest BCUT2D eigenvalue weighted by molar-refractivity contribution is 5.81. The first-order valence-electron chi connectivity index (χ1n) is 4.42. The number of H-pyrrole nitrogens is 1. The summed E-state index contributed by atoms with van der Waals surface area (Å²) < 4.78 is 0. The van der Waals surface area contributed by atoms with Gasteiger partial charge in [0, 0.05) is 17.3 Å². The van der Waals surface area contributed by atoms with Gasteiger partial charge in [0.1, 0.15) is 5.75 Å². The minimum Gasteiger partial charge on any atom is -0.508 e. The number of amides is 1. The van der Waals surface area contributed by atoms with Gasteiger partial charge in [-0.15, -0.1) is 0 Å². The molecule has 78 valence electrons. The summed E-state index contributed by atoms with van der Waals surface area (Å²) in [4.78, 5) is 13.3. The Kier molecular flexibility index (Phi) is 2.21. The highest BCUT2D eigenvalue weighted by Gasteiger charge is 2.02. The number of phenolic OH excluding ortho intramolecular Hbond substituents is 1. The van der Waals surface area contributed by atoms with Crippen LogP contribution in [-0.4, -0.2) is 21.3 Å². The predicted molar refractivity (Wildman–Crippen MR) is 54.8 cm³/mol. The maximum atomic E-state index is 10.3. The van der Waals surface area contributed by atoms with Gasteiger partial charge in [0.2, 0.25) is 0 Å². The van der Waals surface area contributed by atoms with Gasteiger partial charge in [-0.2, -0.15) is 0 Å². The number of aromatic amines is 1. The molecule has 5 nitrogen and oxygen atoms in total. The zero-order valence-electron chi connectivity index (χ0n) is 7.82. The van der Waals surface area contributed by atoms with E-state index in [0.717, 1.165) is 16.6 Å². The molecule has 0 radical (unpaired) electrons. The van der Waals surface area contributed by atoms with Gasteiger partial charge in [0.25, 0.3) is 0 Å². The van der Waals surface area contributed by atoms with Crippen molar-refractivity contribution in [2.45, 2.75) is 6.54 Å². The third-order valence-electron chi connectivity index (χ3n) is 2.09. The molecule has 0 atom stereocenters. The monoisotopic (exact) mass is 206 g/mol. The van der Waals surface area contributed by atoms with Crippen molar-refractivity contribution in [1.82, 2.24) is 10.3 Å². The highest BCUT2D eigenvalue weighted by atomic mass is 16.4. The molecule has 15 heavy (non-hydrogen) atoms. The van der Waals surface area contributed by atoms with Crippen molar-refractivity contribution in [2.75, 3.05) is 0 Å². The first-order valence-corrected chi connectivity index (χ1v) is 4.42. The summed E-state index contributed by atoms with van der Waals surface area (Å²) in [5, 5.41) is 20.9. The summed E-state index contributed by atoms with van der Waals surface area (Å²) in [7, 11) is 0. The Hall–Kier alpha value is -2.17. The fraction of sp³-hybridized carbons (Fsp3) is 0.100. The van der Waals surface area contributed by atoms with E-state index in [-0.39, 0.29) is 12.3 Å². The molecular formula is C10H10N2O3. The van der Waals surface area contributed by atoms with Crippen molar-refractivity contribution >= 4 is 17.0 Å². The van der Waals surface area contributed by atoms with Crippen LogP contribution in [0.2, 0.25) is 0 Å². The number of rotatable bonds is 2. The van der Waals surface area contributed by atoms with Crippen molar-refractivity contribution in [3.05, 3.63) is 30.0 Å². The van der Waals surface area contributed by atoms with Crippen LogP contribution in [0.4, 0.5) is 4.79 Å². The van der Waals surface area contributed by atoms with Crippen molar-refractivity contribution in [3.8, 4) is 5.75 Å². The van der Waals surface area contributed by atoms with Gasteiger partial charge in [-0.05, 0) is 23.6 Å². The number of nitrogens with one attached hydrogen (secondary N) is 2. The Labute approximate surface area is 85.4 Å². The molecule has 0 aliphatic carbocycles. The number of fused-ring (bicyclic) bond motifs is 1. The Bertz CT molecular complexity index is 504. The lowest BCUT2D eigenvalue weighted by atomic mass is 10.2. The first kappa shape index (κ1) is 9.39. The van der Waals surface area contributed by atoms with E-state index in [2.05, 4.69) is 10.3 Å². The summed E-state index contributed by atoms with van der Waals surface area (Å²) in [5.41, 5.74) is 1.55. The molecule has 0 bridgehead atoms. The molecule has 0 unspecified atom stereocenters. The highest BCUT2D eigenvalue weighted by Crippen LogP contribution is 2.20. The molecule has 1 amide bonds. The van der Waals surface area contributed by atoms with Gasteiger partial charge >= 0.3 is 6.09 Å². The largest absolute Gasteiger partial charge is 0.508 e. The smallest absolute Gasteiger partial charge is 0.404 e. The van der Waals surface area contributed by atoms with Crippen molar-refractivity contribution in [1.29, 1.82) is 0 Å². The SMILES string of the molecule is O=C(O)NCc1cc2ccc(O)cc2[nH]1. The summed E-state index contributed by atoms with van der Waals surface area (Å²) >= 11 is 0. The zero-order chi connectivity index (χ0) is 10.8. The maximum absolute atomic E-state index is 10.3. The lowest BCUT2D eigenvalue weighted by Gasteiger charge is -1.96. The van der Waals surface area contributed by atoms with E-state index in [4.69, 9.17) is 5.11 Å². The van der Waals surface area contributed by atoms with Crippen LogP contribution >= 0.6 is 0 Å². The van der Waals surface area contributed by atoms with Crippen LogP contribution in [0, 0.1) is 0 Å². The van der Waals surface area contributed by atoms with E-state index < -0.39 is 6.09 Å². The van der Waals surface area contributed by atoms with Gasteiger partial charge in [-0.25, -0.2) is 4.79 Å². The van der Waals surface area contributed by atoms with Crippen LogP contribution in [0.25, 0.3) is 10.9 Å². The molecule has 1 aromatic heterocycles. The number of aromatic nitrogens is 1. The molecule has 1 aromatic carbocycles. The summed E-state index contributed by atoms with van der Waals surface area (Å²) in [6.45, 7) is 0.227. The van der Waals surface area contributed by atoms with E-state index in [1.165, 1.54) is 0 Å². The summed E-state index contributed by atoms with van der Waals surface area (Å²) in [6.07, 6.45) is -1.06. The zero-order valence-corrected chi connectivity index (χ0v) is 7.82. The Morgan fingerprint density at radius 3 is 2.93 bits per heavy atom. The van der Waals surface area contributed by atoms with Crippen LogP contribution in [0.5, 0.6) is 5.75 Å². The number of hydrogen-bond donors (Lipinski definition) is 4. The standard InChI is InChI=1S/C10H10N2O3/c13-8-2-1-6-3-7(5-11-10(14)15)12-9(6)4-8/h1-4,11-13H,5H2,(H,14,15). The lowest BCUT2D eigenvalue weighted by Crippen LogP contribution is -2.19. The number of aromatic hydroxyl groups is 1. The Morgan fingerprint density at radius 2 is 2.20 bits per heavy atom. The minimum absolute atomic E-state index is 0.182. The number of phenols is 1. The first-order chi connectivity index (χ1) is 7.15. The molecule has 0 saturated heterocycles. The van der Waals surface area contributed by atoms with Gasteiger partial charge in [0.05, 0.1) is 6.54 Å². The second-order valence-electron chi connectivity index (χ2n) is 3.22. The van der Waals surface area contributed by atoms with E-state index in [1.807, 2.05) is 6.07 Å². The molecule has 0 aliphatic rings. The normalized spacial score (nSPS) is 10.4. The molecule has 4 N–H and O–H groups in total. The molecule has 1 heterocycles. The Balaban J connectivity index is 2.27. The van der Waals surface area contributed by atoms with E-state index >= 15 is 0 Å². The van der Waals surface area contributed by atoms with E-state index in [9.17, 15) is 9.90 Å². The average Bonchev–Trinajstić information content (AvgIpc) is 2.56. The molecular weight excluding hydrogens is 196 g/mol. The maximum Gasteiger partial charge on any atom is 0.404 e. The Morgan fingerprint density at radius 1 is 1.40 bits per heavy atom. The van der Waals surface area contributed by atoms with Gasteiger partial charge in [-0.3, -0.25) is 0 Å². The van der Waals surface area contributed by atoms with Crippen molar-refractivity contribution in [3.63, 3.8) is 0 Å². The molecule has 0 aliphatic heterocycles. The number of carbonyl (C=O) groups is 1. The van der Waals surface area contributed by atoms with Crippen LogP contribution in [0.15, 0.2) is 24.3 Å². The number of benzene rings is 1. The quantitative estimate of drug-likeness (QED) is 0.602. The average molecular weight is 206 g/mol. The fourth-order valence-corrected chi connectivity index (χ4v) is 1.44. The van der Waals surface area contributed by atoms with Crippen LogP contribution < -0.4 is 5.32 Å².